The molecule has 0 saturated carbocycles. The highest BCUT2D eigenvalue weighted by Crippen LogP contribution is 2.18. The summed E-state index contributed by atoms with van der Waals surface area (Å²) < 4.78 is 1.57. The molecule has 0 unspecified atom stereocenters. The van der Waals surface area contributed by atoms with Crippen molar-refractivity contribution in [1.82, 2.24) is 14.5 Å². The molecule has 3 rings (SSSR count). The summed E-state index contributed by atoms with van der Waals surface area (Å²) in [7, 11) is 3.37. The van der Waals surface area contributed by atoms with Crippen molar-refractivity contribution < 1.29 is 9.59 Å². The van der Waals surface area contributed by atoms with Crippen LogP contribution in [0.25, 0.3) is 10.9 Å². The number of benzene rings is 2. The molecule has 0 atom stereocenters. The molecule has 7 nitrogen and oxygen atoms in total. The summed E-state index contributed by atoms with van der Waals surface area (Å²) >= 11 is 1.22. The van der Waals surface area contributed by atoms with E-state index in [2.05, 4.69) is 10.3 Å². The molecular weight excluding hydrogens is 388 g/mol. The minimum Gasteiger partial charge on any atom is -0.345 e. The minimum absolute atomic E-state index is 0.0988. The maximum atomic E-state index is 12.6. The minimum atomic E-state index is -0.216. The molecule has 2 aromatic carbocycles. The van der Waals surface area contributed by atoms with Crippen LogP contribution in [0, 0.1) is 0 Å². The second-order valence-corrected chi connectivity index (χ2v) is 7.52. The number of thioether (sulfide) groups is 1. The maximum absolute atomic E-state index is 12.6. The number of nitrogens with one attached hydrogen (secondary N) is 1. The van der Waals surface area contributed by atoms with E-state index in [1.807, 2.05) is 19.1 Å². The molecule has 0 aliphatic carbocycles. The number of carbonyl (C=O) groups excluding carboxylic acids is 2. The Kier molecular flexibility index (Phi) is 6.33. The Morgan fingerprint density at radius 3 is 2.45 bits per heavy atom. The summed E-state index contributed by atoms with van der Waals surface area (Å²) in [5, 5.41) is 3.87. The average Bonchev–Trinajstić information content (AvgIpc) is 2.72. The number of hydrogen-bond acceptors (Lipinski definition) is 5. The summed E-state index contributed by atoms with van der Waals surface area (Å²) in [6.45, 7) is 2.35. The molecule has 1 N–H and O–H groups in total. The Morgan fingerprint density at radius 1 is 1.10 bits per heavy atom. The van der Waals surface area contributed by atoms with Gasteiger partial charge < -0.3 is 10.2 Å². The fraction of sp³-hybridized carbons (Fsp3) is 0.238. The highest BCUT2D eigenvalue weighted by molar-refractivity contribution is 7.99. The van der Waals surface area contributed by atoms with Gasteiger partial charge in [-0.1, -0.05) is 23.9 Å². The van der Waals surface area contributed by atoms with Crippen LogP contribution >= 0.6 is 11.8 Å². The summed E-state index contributed by atoms with van der Waals surface area (Å²) in [4.78, 5) is 42.9. The maximum Gasteiger partial charge on any atom is 0.262 e. The van der Waals surface area contributed by atoms with E-state index in [4.69, 9.17) is 0 Å². The van der Waals surface area contributed by atoms with Crippen molar-refractivity contribution in [2.24, 2.45) is 0 Å². The Bertz CT molecular complexity index is 1110. The monoisotopic (exact) mass is 410 g/mol. The van der Waals surface area contributed by atoms with Crippen LogP contribution in [0.5, 0.6) is 0 Å². The van der Waals surface area contributed by atoms with Crippen LogP contribution in [-0.4, -0.2) is 46.1 Å². The number of anilines is 1. The fourth-order valence-electron chi connectivity index (χ4n) is 2.82. The number of aromatic nitrogens is 2. The summed E-state index contributed by atoms with van der Waals surface area (Å²) in [6.07, 6.45) is 0. The zero-order valence-corrected chi connectivity index (χ0v) is 17.3. The SMILES string of the molecule is CCn1c(SCC(=O)Nc2ccc(C(=O)N(C)C)cc2)nc2ccccc2c1=O. The molecule has 0 radical (unpaired) electrons. The summed E-state index contributed by atoms with van der Waals surface area (Å²) in [5.41, 5.74) is 1.66. The highest BCUT2D eigenvalue weighted by atomic mass is 32.2. The van der Waals surface area contributed by atoms with Crippen molar-refractivity contribution in [2.45, 2.75) is 18.6 Å². The van der Waals surface area contributed by atoms with E-state index in [0.717, 1.165) is 0 Å². The predicted molar refractivity (Wildman–Crippen MR) is 115 cm³/mol. The van der Waals surface area contributed by atoms with E-state index in [-0.39, 0.29) is 23.1 Å². The van der Waals surface area contributed by atoms with Gasteiger partial charge in [0.25, 0.3) is 11.5 Å². The quantitative estimate of drug-likeness (QED) is 0.499. The lowest BCUT2D eigenvalue weighted by molar-refractivity contribution is -0.113. The van der Waals surface area contributed by atoms with Crippen LogP contribution in [0.2, 0.25) is 0 Å². The third kappa shape index (κ3) is 4.65. The van der Waals surface area contributed by atoms with Gasteiger partial charge in [0.15, 0.2) is 5.16 Å². The number of para-hydroxylation sites is 1. The zero-order valence-electron chi connectivity index (χ0n) is 16.5. The van der Waals surface area contributed by atoms with E-state index in [1.54, 1.807) is 55.1 Å². The van der Waals surface area contributed by atoms with Gasteiger partial charge in [0, 0.05) is 31.9 Å². The smallest absolute Gasteiger partial charge is 0.262 e. The van der Waals surface area contributed by atoms with Crippen LogP contribution in [0.3, 0.4) is 0 Å². The van der Waals surface area contributed by atoms with E-state index in [1.165, 1.54) is 16.7 Å². The molecule has 150 valence electrons. The van der Waals surface area contributed by atoms with Crippen molar-refractivity contribution in [2.75, 3.05) is 25.2 Å². The molecule has 0 spiro atoms. The van der Waals surface area contributed by atoms with E-state index >= 15 is 0 Å². The van der Waals surface area contributed by atoms with Crippen LogP contribution in [0.4, 0.5) is 5.69 Å². The number of carbonyl (C=O) groups is 2. The van der Waals surface area contributed by atoms with Crippen molar-refractivity contribution in [3.05, 3.63) is 64.4 Å². The van der Waals surface area contributed by atoms with Gasteiger partial charge in [-0.3, -0.25) is 19.0 Å². The van der Waals surface area contributed by atoms with Crippen LogP contribution in [0.15, 0.2) is 58.5 Å². The van der Waals surface area contributed by atoms with Crippen molar-refractivity contribution in [3.63, 3.8) is 0 Å². The van der Waals surface area contributed by atoms with Gasteiger partial charge in [-0.05, 0) is 43.3 Å². The summed E-state index contributed by atoms with van der Waals surface area (Å²) in [5.74, 6) is -0.200. The first-order chi connectivity index (χ1) is 13.9. The third-order valence-electron chi connectivity index (χ3n) is 4.30. The number of rotatable bonds is 6. The van der Waals surface area contributed by atoms with Crippen molar-refractivity contribution in [3.8, 4) is 0 Å². The number of fused-ring (bicyclic) bond motifs is 1. The number of hydrogen-bond donors (Lipinski definition) is 1. The lowest BCUT2D eigenvalue weighted by atomic mass is 10.2. The fourth-order valence-corrected chi connectivity index (χ4v) is 3.68. The molecule has 1 heterocycles. The van der Waals surface area contributed by atoms with E-state index in [9.17, 15) is 14.4 Å². The standard InChI is InChI=1S/C21H22N4O3S/c1-4-25-20(28)16-7-5-6-8-17(16)23-21(25)29-13-18(26)22-15-11-9-14(10-12-15)19(27)24(2)3/h5-12H,4,13H2,1-3H3,(H,22,26). The van der Waals surface area contributed by atoms with Gasteiger partial charge in [0.1, 0.15) is 0 Å². The Balaban J connectivity index is 1.69. The van der Waals surface area contributed by atoms with Gasteiger partial charge in [0.05, 0.1) is 16.7 Å². The molecule has 0 aliphatic rings. The first-order valence-corrected chi connectivity index (χ1v) is 10.1. The van der Waals surface area contributed by atoms with Gasteiger partial charge in [-0.2, -0.15) is 0 Å². The molecule has 8 heteroatoms. The average molecular weight is 410 g/mol. The topological polar surface area (TPSA) is 84.3 Å². The van der Waals surface area contributed by atoms with Crippen molar-refractivity contribution >= 4 is 40.2 Å². The molecule has 2 amide bonds. The molecule has 0 saturated heterocycles. The predicted octanol–water partition coefficient (Wildman–Crippen LogP) is 2.85. The number of nitrogens with zero attached hydrogens (tertiary/aromatic N) is 3. The molecule has 29 heavy (non-hydrogen) atoms. The third-order valence-corrected chi connectivity index (χ3v) is 5.27. The first kappa shape index (κ1) is 20.6. The van der Waals surface area contributed by atoms with Crippen molar-refractivity contribution in [1.29, 1.82) is 0 Å². The molecular formula is C21H22N4O3S. The summed E-state index contributed by atoms with van der Waals surface area (Å²) in [6, 6.07) is 13.9. The zero-order chi connectivity index (χ0) is 21.0. The number of amides is 2. The van der Waals surface area contributed by atoms with E-state index < -0.39 is 0 Å². The molecule has 0 aliphatic heterocycles. The Morgan fingerprint density at radius 2 is 1.79 bits per heavy atom. The van der Waals surface area contributed by atoms with Crippen LogP contribution in [0.1, 0.15) is 17.3 Å². The molecule has 1 aromatic heterocycles. The van der Waals surface area contributed by atoms with E-state index in [0.29, 0.717) is 33.9 Å². The largest absolute Gasteiger partial charge is 0.345 e. The molecule has 3 aromatic rings. The molecule has 0 bridgehead atoms. The second-order valence-electron chi connectivity index (χ2n) is 6.57. The van der Waals surface area contributed by atoms with Crippen LogP contribution in [-0.2, 0) is 11.3 Å². The van der Waals surface area contributed by atoms with Gasteiger partial charge in [0.2, 0.25) is 5.91 Å². The lowest BCUT2D eigenvalue weighted by Gasteiger charge is -2.12. The first-order valence-electron chi connectivity index (χ1n) is 9.14. The highest BCUT2D eigenvalue weighted by Gasteiger charge is 2.13. The van der Waals surface area contributed by atoms with Crippen LogP contribution < -0.4 is 10.9 Å². The Hall–Kier alpha value is -3.13. The lowest BCUT2D eigenvalue weighted by Crippen LogP contribution is -2.23. The second kappa shape index (κ2) is 8.91. The van der Waals surface area contributed by atoms with Gasteiger partial charge in [-0.15, -0.1) is 0 Å². The van der Waals surface area contributed by atoms with Gasteiger partial charge >= 0.3 is 0 Å². The Labute approximate surface area is 172 Å². The molecule has 0 fully saturated rings. The normalized spacial score (nSPS) is 10.7. The van der Waals surface area contributed by atoms with Gasteiger partial charge in [-0.25, -0.2) is 4.98 Å².